The Labute approximate surface area is 152 Å². The van der Waals surface area contributed by atoms with E-state index in [-0.39, 0.29) is 24.3 Å². The van der Waals surface area contributed by atoms with E-state index < -0.39 is 17.5 Å². The molecule has 140 valence electrons. The zero-order valence-electron chi connectivity index (χ0n) is 14.9. The number of hydrogen-bond acceptors (Lipinski definition) is 3. The van der Waals surface area contributed by atoms with Crippen molar-refractivity contribution < 1.29 is 18.8 Å². The van der Waals surface area contributed by atoms with Gasteiger partial charge in [-0.3, -0.25) is 14.5 Å². The van der Waals surface area contributed by atoms with Crippen LogP contribution in [0.5, 0.6) is 0 Å². The third-order valence-corrected chi connectivity index (χ3v) is 5.25. The molecule has 1 saturated heterocycles. The van der Waals surface area contributed by atoms with Crippen LogP contribution in [0.1, 0.15) is 57.1 Å². The molecule has 2 fully saturated rings. The van der Waals surface area contributed by atoms with E-state index in [9.17, 15) is 18.8 Å². The van der Waals surface area contributed by atoms with Gasteiger partial charge in [-0.05, 0) is 37.5 Å². The topological polar surface area (TPSA) is 78.5 Å². The van der Waals surface area contributed by atoms with Crippen molar-refractivity contribution in [3.63, 3.8) is 0 Å². The zero-order valence-corrected chi connectivity index (χ0v) is 14.9. The molecule has 1 aromatic carbocycles. The van der Waals surface area contributed by atoms with Crippen molar-refractivity contribution in [1.82, 2.24) is 15.5 Å². The van der Waals surface area contributed by atoms with Crippen LogP contribution in [0.25, 0.3) is 0 Å². The quantitative estimate of drug-likeness (QED) is 0.809. The lowest BCUT2D eigenvalue weighted by molar-refractivity contribution is -0.135. The maximum atomic E-state index is 13.0. The molecule has 0 bridgehead atoms. The minimum atomic E-state index is -0.837. The molecule has 26 heavy (non-hydrogen) atoms. The van der Waals surface area contributed by atoms with Crippen molar-refractivity contribution in [2.45, 2.75) is 57.0 Å². The van der Waals surface area contributed by atoms with E-state index in [1.807, 2.05) is 0 Å². The third kappa shape index (κ3) is 3.71. The van der Waals surface area contributed by atoms with Crippen LogP contribution in [0, 0.1) is 5.82 Å². The van der Waals surface area contributed by atoms with Crippen LogP contribution in [0.4, 0.5) is 9.18 Å². The number of amides is 4. The van der Waals surface area contributed by atoms with Crippen molar-refractivity contribution in [2.75, 3.05) is 6.54 Å². The normalized spacial score (nSPS) is 20.6. The number of nitrogens with one attached hydrogen (secondary N) is 2. The van der Waals surface area contributed by atoms with Gasteiger partial charge in [0, 0.05) is 0 Å². The predicted octanol–water partition coefficient (Wildman–Crippen LogP) is 2.65. The highest BCUT2D eigenvalue weighted by Crippen LogP contribution is 2.32. The van der Waals surface area contributed by atoms with Gasteiger partial charge in [0.15, 0.2) is 0 Å². The highest BCUT2D eigenvalue weighted by molar-refractivity contribution is 6.09. The number of nitrogens with zero attached hydrogens (tertiary/aromatic N) is 1. The maximum Gasteiger partial charge on any atom is 0.325 e. The van der Waals surface area contributed by atoms with E-state index in [4.69, 9.17) is 0 Å². The lowest BCUT2D eigenvalue weighted by Crippen LogP contribution is -2.47. The van der Waals surface area contributed by atoms with Gasteiger partial charge in [0.05, 0.1) is 6.04 Å². The maximum absolute atomic E-state index is 13.0. The number of carbonyl (C=O) groups excluding carboxylic acids is 3. The van der Waals surface area contributed by atoms with Crippen LogP contribution in [0.3, 0.4) is 0 Å². The van der Waals surface area contributed by atoms with Crippen LogP contribution >= 0.6 is 0 Å². The van der Waals surface area contributed by atoms with Gasteiger partial charge in [-0.15, -0.1) is 0 Å². The Kier molecular flexibility index (Phi) is 5.25. The summed E-state index contributed by atoms with van der Waals surface area (Å²) < 4.78 is 13.0. The van der Waals surface area contributed by atoms with E-state index in [0.29, 0.717) is 12.8 Å². The molecule has 1 aliphatic heterocycles. The third-order valence-electron chi connectivity index (χ3n) is 5.25. The number of halogens is 1. The Morgan fingerprint density at radius 2 is 1.81 bits per heavy atom. The van der Waals surface area contributed by atoms with E-state index >= 15 is 0 Å². The molecule has 1 aliphatic carbocycles. The average Bonchev–Trinajstić information content (AvgIpc) is 2.77. The fraction of sp³-hybridized carbons (Fsp3) is 0.526. The number of benzene rings is 1. The molecular weight excluding hydrogens is 337 g/mol. The number of urea groups is 1. The average molecular weight is 361 g/mol. The minimum absolute atomic E-state index is 0.297. The summed E-state index contributed by atoms with van der Waals surface area (Å²) >= 11 is 0. The van der Waals surface area contributed by atoms with E-state index in [2.05, 4.69) is 10.6 Å². The van der Waals surface area contributed by atoms with Crippen LogP contribution in [-0.2, 0) is 9.59 Å². The van der Waals surface area contributed by atoms with E-state index in [1.165, 1.54) is 12.1 Å². The van der Waals surface area contributed by atoms with Gasteiger partial charge in [0.1, 0.15) is 17.9 Å². The van der Waals surface area contributed by atoms with Crippen molar-refractivity contribution in [3.05, 3.63) is 35.6 Å². The smallest absolute Gasteiger partial charge is 0.325 e. The molecule has 0 radical (unpaired) electrons. The highest BCUT2D eigenvalue weighted by atomic mass is 19.1. The van der Waals surface area contributed by atoms with E-state index in [0.717, 1.165) is 36.1 Å². The molecule has 1 saturated carbocycles. The zero-order chi connectivity index (χ0) is 18.7. The minimum Gasteiger partial charge on any atom is -0.348 e. The number of hydrogen-bond donors (Lipinski definition) is 2. The molecule has 2 aliphatic rings. The summed E-state index contributed by atoms with van der Waals surface area (Å²) in [6.07, 6.45) is 5.16. The Bertz CT molecular complexity index is 696. The lowest BCUT2D eigenvalue weighted by Gasteiger charge is -2.24. The molecular formula is C19H24FN3O3. The van der Waals surface area contributed by atoms with Gasteiger partial charge in [-0.25, -0.2) is 9.18 Å². The fourth-order valence-corrected chi connectivity index (χ4v) is 3.76. The standard InChI is InChI=1S/C19H24FN3O3/c1-13(14-6-8-15(20)9-7-14)21-16(24)12-23-17(25)19(22-18(23)26)10-4-2-3-5-11-19/h6-9,13H,2-5,10-12H2,1H3,(H,21,24)(H,22,26)/t13-/m0/s1. The Hall–Kier alpha value is -2.44. The van der Waals surface area contributed by atoms with Gasteiger partial charge in [-0.1, -0.05) is 37.8 Å². The highest BCUT2D eigenvalue weighted by Gasteiger charge is 2.51. The molecule has 0 aromatic heterocycles. The van der Waals surface area contributed by atoms with Crippen LogP contribution in [0.2, 0.25) is 0 Å². The molecule has 4 amide bonds. The summed E-state index contributed by atoms with van der Waals surface area (Å²) in [6.45, 7) is 1.46. The molecule has 1 atom stereocenters. The van der Waals surface area contributed by atoms with Crippen molar-refractivity contribution in [2.24, 2.45) is 0 Å². The molecule has 1 heterocycles. The number of carbonyl (C=O) groups is 3. The van der Waals surface area contributed by atoms with Gasteiger partial charge in [0.2, 0.25) is 5.91 Å². The first kappa shape index (κ1) is 18.4. The van der Waals surface area contributed by atoms with Crippen LogP contribution in [0.15, 0.2) is 24.3 Å². The summed E-state index contributed by atoms with van der Waals surface area (Å²) in [5.41, 5.74) is -0.0895. The summed E-state index contributed by atoms with van der Waals surface area (Å²) in [5.74, 6) is -1.06. The second kappa shape index (κ2) is 7.43. The van der Waals surface area contributed by atoms with Crippen LogP contribution in [-0.4, -0.2) is 34.8 Å². The molecule has 7 heteroatoms. The lowest BCUT2D eigenvalue weighted by atomic mass is 9.90. The van der Waals surface area contributed by atoms with Crippen molar-refractivity contribution >= 4 is 17.8 Å². The summed E-state index contributed by atoms with van der Waals surface area (Å²) in [5, 5.41) is 5.57. The van der Waals surface area contributed by atoms with Crippen molar-refractivity contribution in [3.8, 4) is 0 Å². The SMILES string of the molecule is C[C@H](NC(=O)CN1C(=O)NC2(CCCCCC2)C1=O)c1ccc(F)cc1. The second-order valence-corrected chi connectivity index (χ2v) is 7.16. The second-order valence-electron chi connectivity index (χ2n) is 7.16. The van der Waals surface area contributed by atoms with E-state index in [1.54, 1.807) is 19.1 Å². The number of rotatable bonds is 4. The largest absolute Gasteiger partial charge is 0.348 e. The van der Waals surface area contributed by atoms with Gasteiger partial charge < -0.3 is 10.6 Å². The Balaban J connectivity index is 1.62. The van der Waals surface area contributed by atoms with Crippen LogP contribution < -0.4 is 10.6 Å². The van der Waals surface area contributed by atoms with Gasteiger partial charge in [0.25, 0.3) is 5.91 Å². The molecule has 2 N–H and O–H groups in total. The molecule has 3 rings (SSSR count). The van der Waals surface area contributed by atoms with Crippen molar-refractivity contribution in [1.29, 1.82) is 0 Å². The monoisotopic (exact) mass is 361 g/mol. The molecule has 0 unspecified atom stereocenters. The van der Waals surface area contributed by atoms with Gasteiger partial charge >= 0.3 is 6.03 Å². The first-order valence-corrected chi connectivity index (χ1v) is 9.10. The fourth-order valence-electron chi connectivity index (χ4n) is 3.76. The summed E-state index contributed by atoms with van der Waals surface area (Å²) in [6, 6.07) is 4.98. The number of imide groups is 1. The Morgan fingerprint density at radius 1 is 1.19 bits per heavy atom. The first-order valence-electron chi connectivity index (χ1n) is 9.10. The van der Waals surface area contributed by atoms with Gasteiger partial charge in [-0.2, -0.15) is 0 Å². The Morgan fingerprint density at radius 3 is 2.42 bits per heavy atom. The summed E-state index contributed by atoms with van der Waals surface area (Å²) in [4.78, 5) is 38.4. The first-order chi connectivity index (χ1) is 12.4. The molecule has 1 aromatic rings. The summed E-state index contributed by atoms with van der Waals surface area (Å²) in [7, 11) is 0. The molecule has 6 nitrogen and oxygen atoms in total. The molecule has 1 spiro atoms. The predicted molar refractivity (Wildman–Crippen MR) is 93.6 cm³/mol.